The van der Waals surface area contributed by atoms with Gasteiger partial charge in [-0.05, 0) is 42.0 Å². The van der Waals surface area contributed by atoms with Crippen molar-refractivity contribution in [3.8, 4) is 0 Å². The molecule has 0 bridgehead atoms. The highest BCUT2D eigenvalue weighted by atomic mass is 19.4. The van der Waals surface area contributed by atoms with Crippen molar-refractivity contribution in [2.75, 3.05) is 25.9 Å². The first kappa shape index (κ1) is 33.3. The number of benzene rings is 3. The van der Waals surface area contributed by atoms with Crippen LogP contribution in [0.1, 0.15) is 33.0 Å². The number of hydrogen-bond donors (Lipinski definition) is 3. The van der Waals surface area contributed by atoms with Crippen LogP contribution in [0.3, 0.4) is 0 Å². The molecule has 0 saturated carbocycles. The summed E-state index contributed by atoms with van der Waals surface area (Å²) in [4.78, 5) is 31.0. The van der Waals surface area contributed by atoms with Gasteiger partial charge in [0.15, 0.2) is 5.60 Å². The molecule has 47 heavy (non-hydrogen) atoms. The van der Waals surface area contributed by atoms with Crippen LogP contribution in [0.4, 0.5) is 46.5 Å². The Balaban J connectivity index is 1.44. The van der Waals surface area contributed by atoms with E-state index in [0.29, 0.717) is 47.8 Å². The Kier molecular flexibility index (Phi) is 8.47. The number of anilines is 1. The second-order valence-electron chi connectivity index (χ2n) is 10.9. The Morgan fingerprint density at radius 3 is 2.28 bits per heavy atom. The van der Waals surface area contributed by atoms with E-state index in [4.69, 9.17) is 5.73 Å². The van der Waals surface area contributed by atoms with Crippen molar-refractivity contribution in [1.29, 1.82) is 0 Å². The molecule has 5 rings (SSSR count). The van der Waals surface area contributed by atoms with E-state index < -0.39 is 71.5 Å². The predicted molar refractivity (Wildman–Crippen MR) is 156 cm³/mol. The van der Waals surface area contributed by atoms with E-state index in [9.17, 15) is 49.8 Å². The SMILES string of the molecule is CN(CC(O)(CNC(=O)C1=C2C(=Nc3cccc(N)c32)C(c2ccc(F)cc2)C=C1)C(F)(F)F)C(=O)c1c(F)cccc1C(F)(F)F. The minimum absolute atomic E-state index is 0.0850. The lowest BCUT2D eigenvalue weighted by Gasteiger charge is -2.34. The number of likely N-dealkylation sites (N-methyl/N-ethyl adjacent to an activating group) is 1. The summed E-state index contributed by atoms with van der Waals surface area (Å²) in [5, 5.41) is 12.7. The molecule has 246 valence electrons. The average Bonchev–Trinajstić information content (AvgIpc) is 3.39. The molecule has 4 N–H and O–H groups in total. The third-order valence-corrected chi connectivity index (χ3v) is 7.76. The number of nitrogens with two attached hydrogens (primary N) is 1. The molecule has 0 spiro atoms. The molecular weight excluding hydrogens is 640 g/mol. The summed E-state index contributed by atoms with van der Waals surface area (Å²) >= 11 is 0. The summed E-state index contributed by atoms with van der Waals surface area (Å²) in [6.07, 6.45) is -7.90. The Morgan fingerprint density at radius 2 is 1.64 bits per heavy atom. The number of carbonyl (C=O) groups is 2. The summed E-state index contributed by atoms with van der Waals surface area (Å²) < 4.78 is 111. The van der Waals surface area contributed by atoms with Gasteiger partial charge in [0.1, 0.15) is 11.6 Å². The number of amides is 2. The number of hydrogen-bond acceptors (Lipinski definition) is 5. The number of fused-ring (bicyclic) bond motifs is 3. The second kappa shape index (κ2) is 12.0. The quantitative estimate of drug-likeness (QED) is 0.215. The van der Waals surface area contributed by atoms with Gasteiger partial charge in [0.2, 0.25) is 0 Å². The number of carbonyl (C=O) groups excluding carboxylic acids is 2. The first-order valence-electron chi connectivity index (χ1n) is 13.8. The van der Waals surface area contributed by atoms with Gasteiger partial charge >= 0.3 is 12.4 Å². The predicted octanol–water partition coefficient (Wildman–Crippen LogP) is 5.94. The van der Waals surface area contributed by atoms with Crippen LogP contribution >= 0.6 is 0 Å². The molecule has 7 nitrogen and oxygen atoms in total. The van der Waals surface area contributed by atoms with Gasteiger partial charge in [0.25, 0.3) is 11.8 Å². The Labute approximate surface area is 261 Å². The van der Waals surface area contributed by atoms with Gasteiger partial charge in [0, 0.05) is 35.4 Å². The first-order valence-corrected chi connectivity index (χ1v) is 13.8. The number of aliphatic imine (C=N–C) groups is 1. The fourth-order valence-electron chi connectivity index (χ4n) is 5.43. The summed E-state index contributed by atoms with van der Waals surface area (Å²) in [6.45, 7) is -3.22. The Hall–Kier alpha value is -5.05. The van der Waals surface area contributed by atoms with Gasteiger partial charge < -0.3 is 21.1 Å². The molecule has 0 radical (unpaired) electrons. The van der Waals surface area contributed by atoms with Crippen molar-refractivity contribution < 1.29 is 49.8 Å². The summed E-state index contributed by atoms with van der Waals surface area (Å²) in [5.41, 5.74) is 0.857. The zero-order valence-corrected chi connectivity index (χ0v) is 24.2. The van der Waals surface area contributed by atoms with E-state index in [1.54, 1.807) is 12.1 Å². The minimum atomic E-state index is -5.53. The fraction of sp³-hybridized carbons (Fsp3) is 0.219. The van der Waals surface area contributed by atoms with E-state index in [1.807, 2.05) is 5.32 Å². The standard InChI is InChI=1S/C32H24F8N4O3/c1-44(29(46)25-20(31(35,36)37)4-2-5-21(25)34)15-30(47,32(38,39)40)14-42-28(45)19-13-12-18(16-8-10-17(33)11-9-16)27-24(19)26-22(41)6-3-7-23(26)43-27/h2-13,18,47H,14-15,41H2,1H3,(H,42,45). The zero-order chi connectivity index (χ0) is 34.5. The average molecular weight is 665 g/mol. The van der Waals surface area contributed by atoms with Gasteiger partial charge in [-0.3, -0.25) is 14.6 Å². The molecule has 1 heterocycles. The normalized spacial score (nSPS) is 17.1. The number of halogens is 8. The lowest BCUT2D eigenvalue weighted by molar-refractivity contribution is -0.259. The second-order valence-corrected chi connectivity index (χ2v) is 10.9. The largest absolute Gasteiger partial charge is 0.420 e. The molecule has 0 aromatic heterocycles. The first-order chi connectivity index (χ1) is 21.9. The number of nitrogen functional groups attached to an aromatic ring is 1. The molecule has 3 aromatic carbocycles. The number of nitrogens with one attached hydrogen (secondary N) is 1. The van der Waals surface area contributed by atoms with Crippen molar-refractivity contribution in [2.24, 2.45) is 4.99 Å². The number of aliphatic hydroxyl groups is 1. The maximum absolute atomic E-state index is 14.4. The maximum atomic E-state index is 14.4. The highest BCUT2D eigenvalue weighted by molar-refractivity contribution is 6.38. The molecule has 0 fully saturated rings. The molecule has 2 unspecified atom stereocenters. The highest BCUT2D eigenvalue weighted by Crippen LogP contribution is 2.47. The molecule has 3 aromatic rings. The summed E-state index contributed by atoms with van der Waals surface area (Å²) in [5.74, 6) is -5.62. The molecule has 2 atom stereocenters. The Bertz CT molecular complexity index is 1850. The monoisotopic (exact) mass is 664 g/mol. The molecule has 2 aliphatic rings. The van der Waals surface area contributed by atoms with Crippen LogP contribution in [0.15, 0.2) is 83.4 Å². The molecule has 1 aliphatic heterocycles. The van der Waals surface area contributed by atoms with E-state index >= 15 is 0 Å². The molecule has 0 saturated heterocycles. The zero-order valence-electron chi connectivity index (χ0n) is 24.2. The number of alkyl halides is 6. The minimum Gasteiger partial charge on any atom is -0.398 e. The highest BCUT2D eigenvalue weighted by Gasteiger charge is 2.55. The van der Waals surface area contributed by atoms with Crippen LogP contribution in [0, 0.1) is 11.6 Å². The third-order valence-electron chi connectivity index (χ3n) is 7.76. The van der Waals surface area contributed by atoms with Crippen LogP contribution in [0.5, 0.6) is 0 Å². The van der Waals surface area contributed by atoms with E-state index in [0.717, 1.165) is 0 Å². The van der Waals surface area contributed by atoms with Gasteiger partial charge in [-0.25, -0.2) is 8.78 Å². The van der Waals surface area contributed by atoms with Crippen molar-refractivity contribution >= 4 is 34.5 Å². The van der Waals surface area contributed by atoms with Crippen LogP contribution in [-0.4, -0.2) is 59.4 Å². The number of rotatable bonds is 7. The fourth-order valence-corrected chi connectivity index (χ4v) is 5.43. The van der Waals surface area contributed by atoms with Gasteiger partial charge in [-0.15, -0.1) is 0 Å². The lowest BCUT2D eigenvalue weighted by Crippen LogP contribution is -2.60. The lowest BCUT2D eigenvalue weighted by atomic mass is 9.81. The van der Waals surface area contributed by atoms with Crippen molar-refractivity contribution in [3.05, 3.63) is 112 Å². The van der Waals surface area contributed by atoms with E-state index in [1.165, 1.54) is 42.5 Å². The van der Waals surface area contributed by atoms with Gasteiger partial charge in [0.05, 0.1) is 35.6 Å². The molecule has 2 amide bonds. The van der Waals surface area contributed by atoms with Crippen LogP contribution in [0.2, 0.25) is 0 Å². The summed E-state index contributed by atoms with van der Waals surface area (Å²) in [6, 6.07) is 11.8. The van der Waals surface area contributed by atoms with Crippen molar-refractivity contribution in [3.63, 3.8) is 0 Å². The summed E-state index contributed by atoms with van der Waals surface area (Å²) in [7, 11) is 0.651. The van der Waals surface area contributed by atoms with Crippen molar-refractivity contribution in [2.45, 2.75) is 23.9 Å². The molecule has 15 heteroatoms. The smallest absolute Gasteiger partial charge is 0.398 e. The molecular formula is C32H24F8N4O3. The van der Waals surface area contributed by atoms with Gasteiger partial charge in [-0.2, -0.15) is 26.3 Å². The van der Waals surface area contributed by atoms with Gasteiger partial charge in [-0.1, -0.05) is 36.4 Å². The van der Waals surface area contributed by atoms with Crippen LogP contribution < -0.4 is 11.1 Å². The molecule has 1 aliphatic carbocycles. The number of nitrogens with zero attached hydrogens (tertiary/aromatic N) is 2. The maximum Gasteiger partial charge on any atom is 0.420 e. The van der Waals surface area contributed by atoms with Crippen molar-refractivity contribution in [1.82, 2.24) is 10.2 Å². The Morgan fingerprint density at radius 1 is 0.979 bits per heavy atom. The van der Waals surface area contributed by atoms with E-state index in [2.05, 4.69) is 4.99 Å². The third kappa shape index (κ3) is 6.22. The topological polar surface area (TPSA) is 108 Å². The number of allylic oxidation sites excluding steroid dienone is 2. The van der Waals surface area contributed by atoms with Crippen LogP contribution in [0.25, 0.3) is 5.57 Å². The van der Waals surface area contributed by atoms with Crippen LogP contribution in [-0.2, 0) is 11.0 Å². The van der Waals surface area contributed by atoms with E-state index in [-0.39, 0.29) is 21.7 Å².